The summed E-state index contributed by atoms with van der Waals surface area (Å²) in [6.45, 7) is 0.122. The fourth-order valence-corrected chi connectivity index (χ4v) is 1.89. The van der Waals surface area contributed by atoms with E-state index in [1.165, 1.54) is 5.56 Å². The maximum Gasteiger partial charge on any atom is 0.318 e. The van der Waals surface area contributed by atoms with E-state index in [1.807, 2.05) is 23.5 Å². The van der Waals surface area contributed by atoms with E-state index in [0.717, 1.165) is 6.42 Å². The number of carbonyl (C=O) groups excluding carboxylic acids is 2. The first kappa shape index (κ1) is 11.6. The molecule has 0 saturated heterocycles. The number of nitrogens with one attached hydrogen (secondary N) is 2. The minimum Gasteiger partial charge on any atom is -0.351 e. The van der Waals surface area contributed by atoms with Crippen LogP contribution < -0.4 is 16.4 Å². The van der Waals surface area contributed by atoms with Crippen LogP contribution in [-0.4, -0.2) is 24.5 Å². The molecule has 0 aliphatic heterocycles. The van der Waals surface area contributed by atoms with Gasteiger partial charge in [0.1, 0.15) is 0 Å². The van der Waals surface area contributed by atoms with Gasteiger partial charge in [-0.1, -0.05) is 30.3 Å². The third kappa shape index (κ3) is 3.29. The summed E-state index contributed by atoms with van der Waals surface area (Å²) in [5.74, 6) is 0.0776. The molecule has 1 aromatic rings. The third-order valence-electron chi connectivity index (χ3n) is 2.81. The van der Waals surface area contributed by atoms with E-state index in [0.29, 0.717) is 12.0 Å². The summed E-state index contributed by atoms with van der Waals surface area (Å²) in [4.78, 5) is 21.6. The van der Waals surface area contributed by atoms with Gasteiger partial charge in [-0.2, -0.15) is 0 Å². The average Bonchev–Trinajstić information content (AvgIpc) is 3.06. The maximum atomic E-state index is 11.2. The normalized spacial score (nSPS) is 21.9. The first-order chi connectivity index (χ1) is 8.16. The second kappa shape index (κ2) is 4.97. The highest BCUT2D eigenvalue weighted by atomic mass is 16.2. The Labute approximate surface area is 99.4 Å². The smallest absolute Gasteiger partial charge is 0.318 e. The van der Waals surface area contributed by atoms with Crippen molar-refractivity contribution in [3.63, 3.8) is 0 Å². The highest BCUT2D eigenvalue weighted by Gasteiger charge is 2.37. The van der Waals surface area contributed by atoms with Crippen molar-refractivity contribution in [1.29, 1.82) is 0 Å². The summed E-state index contributed by atoms with van der Waals surface area (Å²) >= 11 is 0. The Balaban J connectivity index is 1.74. The highest BCUT2D eigenvalue weighted by Crippen LogP contribution is 2.40. The van der Waals surface area contributed by atoms with Crippen LogP contribution in [0.3, 0.4) is 0 Å². The van der Waals surface area contributed by atoms with E-state index in [9.17, 15) is 9.59 Å². The lowest BCUT2D eigenvalue weighted by Crippen LogP contribution is -2.41. The summed E-state index contributed by atoms with van der Waals surface area (Å²) in [7, 11) is 0. The molecule has 17 heavy (non-hydrogen) atoms. The lowest BCUT2D eigenvalue weighted by Gasteiger charge is -2.03. The Morgan fingerprint density at radius 2 is 2.00 bits per heavy atom. The lowest BCUT2D eigenvalue weighted by molar-refractivity contribution is -0.119. The molecule has 5 nitrogen and oxygen atoms in total. The number of imide groups is 1. The Kier molecular flexibility index (Phi) is 3.39. The molecule has 0 aromatic heterocycles. The Morgan fingerprint density at radius 3 is 2.65 bits per heavy atom. The van der Waals surface area contributed by atoms with Crippen LogP contribution >= 0.6 is 0 Å². The molecule has 1 aliphatic carbocycles. The van der Waals surface area contributed by atoms with Crippen LogP contribution in [0.1, 0.15) is 17.9 Å². The predicted molar refractivity (Wildman–Crippen MR) is 63.3 cm³/mol. The standard InChI is InChI=1S/C12H15N3O2/c13-12(17)15-11(16)7-14-10-6-9(10)8-4-2-1-3-5-8/h1-5,9-10,14H,6-7H2,(H3,13,15,16,17). The number of hydrogen-bond donors (Lipinski definition) is 3. The van der Waals surface area contributed by atoms with Crippen LogP contribution in [0.5, 0.6) is 0 Å². The average molecular weight is 233 g/mol. The Morgan fingerprint density at radius 1 is 1.29 bits per heavy atom. The van der Waals surface area contributed by atoms with E-state index >= 15 is 0 Å². The van der Waals surface area contributed by atoms with Crippen LogP contribution in [0, 0.1) is 0 Å². The molecule has 0 spiro atoms. The van der Waals surface area contributed by atoms with E-state index in [-0.39, 0.29) is 6.54 Å². The van der Waals surface area contributed by atoms with Crippen molar-refractivity contribution < 1.29 is 9.59 Å². The molecule has 4 N–H and O–H groups in total. The van der Waals surface area contributed by atoms with Gasteiger partial charge in [0.05, 0.1) is 6.54 Å². The largest absolute Gasteiger partial charge is 0.351 e. The molecular weight excluding hydrogens is 218 g/mol. The number of nitrogens with two attached hydrogens (primary N) is 1. The molecule has 1 aromatic carbocycles. The SMILES string of the molecule is NC(=O)NC(=O)CNC1CC1c1ccccc1. The van der Waals surface area contributed by atoms with Gasteiger partial charge in [-0.05, 0) is 12.0 Å². The summed E-state index contributed by atoms with van der Waals surface area (Å²) in [6.07, 6.45) is 1.02. The molecule has 0 bridgehead atoms. The summed E-state index contributed by atoms with van der Waals surface area (Å²) in [6, 6.07) is 9.65. The van der Waals surface area contributed by atoms with Crippen molar-refractivity contribution >= 4 is 11.9 Å². The van der Waals surface area contributed by atoms with Gasteiger partial charge >= 0.3 is 6.03 Å². The molecule has 1 fully saturated rings. The molecule has 1 aliphatic rings. The molecular formula is C12H15N3O2. The van der Waals surface area contributed by atoms with Crippen LogP contribution in [0.25, 0.3) is 0 Å². The summed E-state index contributed by atoms with van der Waals surface area (Å²) in [5.41, 5.74) is 6.11. The van der Waals surface area contributed by atoms with Crippen LogP contribution in [0.15, 0.2) is 30.3 Å². The highest BCUT2D eigenvalue weighted by molar-refractivity contribution is 5.94. The monoisotopic (exact) mass is 233 g/mol. The van der Waals surface area contributed by atoms with E-state index in [4.69, 9.17) is 5.73 Å². The molecule has 90 valence electrons. The minimum atomic E-state index is -0.813. The van der Waals surface area contributed by atoms with Gasteiger partial charge < -0.3 is 11.1 Å². The van der Waals surface area contributed by atoms with Crippen LogP contribution in [0.2, 0.25) is 0 Å². The fourth-order valence-electron chi connectivity index (χ4n) is 1.89. The van der Waals surface area contributed by atoms with Crippen LogP contribution in [0.4, 0.5) is 4.79 Å². The van der Waals surface area contributed by atoms with Gasteiger partial charge in [0.15, 0.2) is 0 Å². The number of urea groups is 1. The Hall–Kier alpha value is -1.88. The molecule has 3 amide bonds. The summed E-state index contributed by atoms with van der Waals surface area (Å²) < 4.78 is 0. The number of hydrogen-bond acceptors (Lipinski definition) is 3. The molecule has 0 heterocycles. The maximum absolute atomic E-state index is 11.2. The molecule has 0 radical (unpaired) electrons. The van der Waals surface area contributed by atoms with Crippen molar-refractivity contribution in [2.75, 3.05) is 6.54 Å². The predicted octanol–water partition coefficient (Wildman–Crippen LogP) is 0.327. The van der Waals surface area contributed by atoms with Crippen molar-refractivity contribution in [2.24, 2.45) is 5.73 Å². The van der Waals surface area contributed by atoms with Crippen molar-refractivity contribution in [3.8, 4) is 0 Å². The van der Waals surface area contributed by atoms with Gasteiger partial charge in [-0.15, -0.1) is 0 Å². The van der Waals surface area contributed by atoms with E-state index < -0.39 is 11.9 Å². The molecule has 2 rings (SSSR count). The zero-order valence-corrected chi connectivity index (χ0v) is 9.35. The van der Waals surface area contributed by atoms with Crippen LogP contribution in [-0.2, 0) is 4.79 Å². The number of primary amides is 1. The fraction of sp³-hybridized carbons (Fsp3) is 0.333. The van der Waals surface area contributed by atoms with Gasteiger partial charge in [-0.25, -0.2) is 4.79 Å². The molecule has 2 atom stereocenters. The Bertz CT molecular complexity index is 419. The van der Waals surface area contributed by atoms with Gasteiger partial charge in [0.25, 0.3) is 0 Å². The zero-order chi connectivity index (χ0) is 12.3. The zero-order valence-electron chi connectivity index (χ0n) is 9.35. The third-order valence-corrected chi connectivity index (χ3v) is 2.81. The number of carbonyl (C=O) groups is 2. The molecule has 2 unspecified atom stereocenters. The van der Waals surface area contributed by atoms with Gasteiger partial charge in [0.2, 0.25) is 5.91 Å². The molecule has 5 heteroatoms. The van der Waals surface area contributed by atoms with Gasteiger partial charge in [-0.3, -0.25) is 10.1 Å². The number of amides is 3. The second-order valence-electron chi connectivity index (χ2n) is 4.15. The summed E-state index contributed by atoms with van der Waals surface area (Å²) in [5, 5.41) is 5.11. The lowest BCUT2D eigenvalue weighted by atomic mass is 10.1. The topological polar surface area (TPSA) is 84.2 Å². The number of rotatable bonds is 4. The first-order valence-corrected chi connectivity index (χ1v) is 5.54. The van der Waals surface area contributed by atoms with Crippen molar-refractivity contribution in [1.82, 2.24) is 10.6 Å². The van der Waals surface area contributed by atoms with Gasteiger partial charge in [0, 0.05) is 12.0 Å². The second-order valence-corrected chi connectivity index (χ2v) is 4.15. The molecule has 1 saturated carbocycles. The van der Waals surface area contributed by atoms with E-state index in [2.05, 4.69) is 17.4 Å². The quantitative estimate of drug-likeness (QED) is 0.700. The first-order valence-electron chi connectivity index (χ1n) is 5.54. The minimum absolute atomic E-state index is 0.122. The van der Waals surface area contributed by atoms with Crippen molar-refractivity contribution in [3.05, 3.63) is 35.9 Å². The van der Waals surface area contributed by atoms with E-state index in [1.54, 1.807) is 0 Å². The number of benzene rings is 1. The van der Waals surface area contributed by atoms with Crippen molar-refractivity contribution in [2.45, 2.75) is 18.4 Å².